The van der Waals surface area contributed by atoms with Gasteiger partial charge in [0.15, 0.2) is 11.6 Å². The summed E-state index contributed by atoms with van der Waals surface area (Å²) < 4.78 is 54.3. The first-order valence-electron chi connectivity index (χ1n) is 10.1. The number of pyridine rings is 2. The molecule has 0 radical (unpaired) electrons. The highest BCUT2D eigenvalue weighted by Crippen LogP contribution is 2.39. The number of amides is 2. The van der Waals surface area contributed by atoms with Crippen molar-refractivity contribution in [3.05, 3.63) is 72.2 Å². The molecule has 2 N–H and O–H groups in total. The maximum absolute atomic E-state index is 14.1. The number of alkyl halides is 2. The fourth-order valence-corrected chi connectivity index (χ4v) is 3.63. The predicted molar refractivity (Wildman–Crippen MR) is 113 cm³/mol. The topological polar surface area (TPSA) is 84.0 Å². The molecule has 0 spiro atoms. The van der Waals surface area contributed by atoms with E-state index in [1.165, 1.54) is 48.9 Å². The van der Waals surface area contributed by atoms with Crippen LogP contribution in [-0.2, 0) is 4.79 Å². The normalized spacial score (nSPS) is 16.9. The number of aromatic nitrogens is 2. The molecule has 170 valence electrons. The summed E-state index contributed by atoms with van der Waals surface area (Å²) in [5, 5.41) is 5.06. The van der Waals surface area contributed by atoms with E-state index in [0.29, 0.717) is 0 Å². The van der Waals surface area contributed by atoms with Gasteiger partial charge in [0.2, 0.25) is 11.8 Å². The minimum atomic E-state index is -2.85. The maximum atomic E-state index is 14.1. The molecule has 2 heterocycles. The van der Waals surface area contributed by atoms with Crippen LogP contribution in [0.2, 0.25) is 0 Å². The Morgan fingerprint density at radius 1 is 1.06 bits per heavy atom. The molecule has 6 nitrogen and oxygen atoms in total. The van der Waals surface area contributed by atoms with Crippen molar-refractivity contribution in [2.24, 2.45) is 5.92 Å². The number of anilines is 2. The van der Waals surface area contributed by atoms with E-state index in [9.17, 15) is 27.2 Å². The van der Waals surface area contributed by atoms with E-state index in [1.807, 2.05) is 0 Å². The van der Waals surface area contributed by atoms with E-state index in [4.69, 9.17) is 0 Å². The van der Waals surface area contributed by atoms with Crippen LogP contribution in [0.4, 0.5) is 29.1 Å². The molecule has 1 aliphatic carbocycles. The van der Waals surface area contributed by atoms with Crippen LogP contribution in [0.15, 0.2) is 55.0 Å². The number of nitrogens with zero attached hydrogens (tertiary/aromatic N) is 2. The van der Waals surface area contributed by atoms with E-state index in [1.54, 1.807) is 0 Å². The Morgan fingerprint density at radius 3 is 2.64 bits per heavy atom. The van der Waals surface area contributed by atoms with Crippen molar-refractivity contribution in [1.29, 1.82) is 0 Å². The largest absolute Gasteiger partial charge is 0.321 e. The molecule has 1 aromatic carbocycles. The third kappa shape index (κ3) is 5.16. The Hall–Kier alpha value is -3.82. The fraction of sp³-hybridized carbons (Fsp3) is 0.217. The average Bonchev–Trinajstić information content (AvgIpc) is 3.16. The summed E-state index contributed by atoms with van der Waals surface area (Å²) in [4.78, 5) is 32.8. The standard InChI is InChI=1S/C23H18F4N4O2/c24-18-3-1-2-17(20(18)25)15-8-16(12-28-11-15)30-21(32)13-5-7-29-19(9-13)31-22(33)14-4-6-23(26,27)10-14/h1-3,5,7-9,11-12,14H,4,6,10H2,(H,30,32)(H,29,31,33). The lowest BCUT2D eigenvalue weighted by molar-refractivity contribution is -0.120. The molecule has 2 amide bonds. The van der Waals surface area contributed by atoms with Crippen molar-refractivity contribution in [3.8, 4) is 11.1 Å². The van der Waals surface area contributed by atoms with E-state index in [2.05, 4.69) is 20.6 Å². The molecular formula is C23H18F4N4O2. The smallest absolute Gasteiger partial charge is 0.255 e. The predicted octanol–water partition coefficient (Wildman–Crippen LogP) is 5.05. The van der Waals surface area contributed by atoms with Crippen molar-refractivity contribution in [2.75, 3.05) is 10.6 Å². The third-order valence-electron chi connectivity index (χ3n) is 5.31. The molecule has 4 rings (SSSR count). The molecule has 1 fully saturated rings. The Labute approximate surface area is 186 Å². The zero-order valence-electron chi connectivity index (χ0n) is 17.1. The quantitative estimate of drug-likeness (QED) is 0.525. The molecule has 2 aromatic heterocycles. The average molecular weight is 458 g/mol. The molecule has 3 aromatic rings. The van der Waals surface area contributed by atoms with Crippen LogP contribution in [0.1, 0.15) is 29.6 Å². The number of hydrogen-bond donors (Lipinski definition) is 2. The first-order chi connectivity index (χ1) is 15.7. The summed E-state index contributed by atoms with van der Waals surface area (Å²) in [6, 6.07) is 7.89. The van der Waals surface area contributed by atoms with Crippen LogP contribution in [0.25, 0.3) is 11.1 Å². The van der Waals surface area contributed by atoms with Crippen molar-refractivity contribution < 1.29 is 27.2 Å². The van der Waals surface area contributed by atoms with Crippen LogP contribution >= 0.6 is 0 Å². The minimum absolute atomic E-state index is 0.00926. The van der Waals surface area contributed by atoms with Gasteiger partial charge in [-0.25, -0.2) is 22.5 Å². The zero-order valence-corrected chi connectivity index (χ0v) is 17.1. The molecule has 0 aliphatic heterocycles. The summed E-state index contributed by atoms with van der Waals surface area (Å²) in [5.41, 5.74) is 0.627. The van der Waals surface area contributed by atoms with Crippen molar-refractivity contribution in [1.82, 2.24) is 9.97 Å². The van der Waals surface area contributed by atoms with Gasteiger partial charge >= 0.3 is 0 Å². The monoisotopic (exact) mass is 458 g/mol. The summed E-state index contributed by atoms with van der Waals surface area (Å²) in [6.07, 6.45) is 3.18. The number of hydrogen-bond acceptors (Lipinski definition) is 4. The molecule has 1 saturated carbocycles. The first-order valence-corrected chi connectivity index (χ1v) is 10.1. The SMILES string of the molecule is O=C(Nc1cncc(-c2cccc(F)c2F)c1)c1ccnc(NC(=O)C2CCC(F)(F)C2)c1. The first kappa shape index (κ1) is 22.4. The highest BCUT2D eigenvalue weighted by atomic mass is 19.3. The third-order valence-corrected chi connectivity index (χ3v) is 5.31. The Kier molecular flexibility index (Phi) is 6.08. The highest BCUT2D eigenvalue weighted by molar-refractivity contribution is 6.05. The van der Waals surface area contributed by atoms with Crippen LogP contribution < -0.4 is 10.6 Å². The van der Waals surface area contributed by atoms with Gasteiger partial charge in [-0.3, -0.25) is 14.6 Å². The van der Waals surface area contributed by atoms with Gasteiger partial charge in [0.05, 0.1) is 11.9 Å². The summed E-state index contributed by atoms with van der Waals surface area (Å²) in [6.45, 7) is 0. The second-order valence-corrected chi connectivity index (χ2v) is 7.73. The van der Waals surface area contributed by atoms with Crippen LogP contribution in [0.3, 0.4) is 0 Å². The van der Waals surface area contributed by atoms with Gasteiger partial charge in [0.1, 0.15) is 5.82 Å². The molecule has 33 heavy (non-hydrogen) atoms. The number of nitrogens with one attached hydrogen (secondary N) is 2. The maximum Gasteiger partial charge on any atom is 0.255 e. The molecule has 1 unspecified atom stereocenters. The summed E-state index contributed by atoms with van der Waals surface area (Å²) >= 11 is 0. The van der Waals surface area contributed by atoms with Gasteiger partial charge < -0.3 is 10.6 Å². The molecular weight excluding hydrogens is 440 g/mol. The molecule has 1 aliphatic rings. The van der Waals surface area contributed by atoms with Crippen molar-refractivity contribution in [3.63, 3.8) is 0 Å². The second kappa shape index (κ2) is 8.97. The van der Waals surface area contributed by atoms with Gasteiger partial charge in [-0.1, -0.05) is 12.1 Å². The van der Waals surface area contributed by atoms with Gasteiger partial charge in [0.25, 0.3) is 5.91 Å². The lowest BCUT2D eigenvalue weighted by atomic mass is 10.1. The molecule has 0 bridgehead atoms. The second-order valence-electron chi connectivity index (χ2n) is 7.73. The van der Waals surface area contributed by atoms with Crippen molar-refractivity contribution in [2.45, 2.75) is 25.2 Å². The van der Waals surface area contributed by atoms with Crippen LogP contribution in [-0.4, -0.2) is 27.7 Å². The van der Waals surface area contributed by atoms with E-state index in [0.717, 1.165) is 6.07 Å². The van der Waals surface area contributed by atoms with E-state index in [-0.39, 0.29) is 41.0 Å². The fourth-order valence-electron chi connectivity index (χ4n) is 3.63. The van der Waals surface area contributed by atoms with Gasteiger partial charge in [-0.05, 0) is 30.7 Å². The minimum Gasteiger partial charge on any atom is -0.321 e. The Morgan fingerprint density at radius 2 is 1.88 bits per heavy atom. The zero-order chi connectivity index (χ0) is 23.6. The van der Waals surface area contributed by atoms with Gasteiger partial charge in [-0.2, -0.15) is 0 Å². The number of carbonyl (C=O) groups excluding carboxylic acids is 2. The lowest BCUT2D eigenvalue weighted by Crippen LogP contribution is -2.23. The summed E-state index contributed by atoms with van der Waals surface area (Å²) in [5.74, 6) is -6.81. The number of benzene rings is 1. The van der Waals surface area contributed by atoms with E-state index >= 15 is 0 Å². The number of carbonyl (C=O) groups is 2. The molecule has 1 atom stereocenters. The number of rotatable bonds is 5. The summed E-state index contributed by atoms with van der Waals surface area (Å²) in [7, 11) is 0. The van der Waals surface area contributed by atoms with Crippen LogP contribution in [0, 0.1) is 17.6 Å². The van der Waals surface area contributed by atoms with Gasteiger partial charge in [-0.15, -0.1) is 0 Å². The van der Waals surface area contributed by atoms with E-state index < -0.39 is 41.7 Å². The number of halogens is 4. The Balaban J connectivity index is 1.46. The van der Waals surface area contributed by atoms with Crippen molar-refractivity contribution >= 4 is 23.3 Å². The lowest BCUT2D eigenvalue weighted by Gasteiger charge is -2.12. The molecule has 10 heteroatoms. The molecule has 0 saturated heterocycles. The Bertz CT molecular complexity index is 1220. The van der Waals surface area contributed by atoms with Gasteiger partial charge in [0, 0.05) is 47.8 Å². The van der Waals surface area contributed by atoms with Crippen LogP contribution in [0.5, 0.6) is 0 Å². The highest BCUT2D eigenvalue weighted by Gasteiger charge is 2.42.